The summed E-state index contributed by atoms with van der Waals surface area (Å²) >= 11 is 1.16. The highest BCUT2D eigenvalue weighted by atomic mass is 32.2. The lowest BCUT2D eigenvalue weighted by atomic mass is 10.3. The molecule has 0 radical (unpaired) electrons. The molecular weight excluding hydrogens is 276 g/mol. The molecule has 0 saturated heterocycles. The van der Waals surface area contributed by atoms with Crippen molar-refractivity contribution in [3.05, 3.63) is 30.3 Å². The molecule has 0 aliphatic heterocycles. The molecule has 1 amide bonds. The molecule has 0 saturated carbocycles. The van der Waals surface area contributed by atoms with E-state index in [9.17, 15) is 4.79 Å². The molecule has 0 atom stereocenters. The molecule has 0 aliphatic rings. The van der Waals surface area contributed by atoms with Crippen LogP contribution in [0.3, 0.4) is 0 Å². The van der Waals surface area contributed by atoms with E-state index in [0.29, 0.717) is 10.8 Å². The zero-order valence-electron chi connectivity index (χ0n) is 10.5. The lowest BCUT2D eigenvalue weighted by molar-refractivity contribution is -0.116. The van der Waals surface area contributed by atoms with E-state index in [1.165, 1.54) is 4.90 Å². The van der Waals surface area contributed by atoms with Crippen molar-refractivity contribution in [2.75, 3.05) is 22.9 Å². The molecule has 0 unspecified atom stereocenters. The largest absolute Gasteiger partial charge is 0.368 e. The first-order valence-corrected chi connectivity index (χ1v) is 6.72. The van der Waals surface area contributed by atoms with Crippen LogP contribution in [0.25, 0.3) is 0 Å². The van der Waals surface area contributed by atoms with E-state index in [1.54, 1.807) is 12.1 Å². The van der Waals surface area contributed by atoms with Gasteiger partial charge in [0.15, 0.2) is 0 Å². The summed E-state index contributed by atoms with van der Waals surface area (Å²) in [4.78, 5) is 17.5. The van der Waals surface area contributed by atoms with E-state index in [-0.39, 0.29) is 24.2 Å². The Morgan fingerprint density at radius 2 is 2.20 bits per heavy atom. The van der Waals surface area contributed by atoms with Crippen molar-refractivity contribution in [1.29, 1.82) is 5.26 Å². The molecule has 7 nitrogen and oxygen atoms in total. The van der Waals surface area contributed by atoms with Crippen LogP contribution in [0.4, 0.5) is 11.6 Å². The third-order valence-corrected chi connectivity index (χ3v) is 3.24. The number of nitrogens with zero attached hydrogens (tertiary/aromatic N) is 4. The zero-order valence-corrected chi connectivity index (χ0v) is 11.3. The van der Waals surface area contributed by atoms with Gasteiger partial charge in [0.25, 0.3) is 0 Å². The van der Waals surface area contributed by atoms with Crippen LogP contribution in [0.2, 0.25) is 0 Å². The van der Waals surface area contributed by atoms with E-state index < -0.39 is 0 Å². The maximum Gasteiger partial charge on any atom is 0.238 e. The van der Waals surface area contributed by atoms with Crippen molar-refractivity contribution < 1.29 is 4.79 Å². The second-order valence-corrected chi connectivity index (χ2v) is 4.71. The number of nitrogens with two attached hydrogens (primary N) is 1. The third kappa shape index (κ3) is 3.49. The predicted molar refractivity (Wildman–Crippen MR) is 75.9 cm³/mol. The second kappa shape index (κ2) is 6.58. The minimum absolute atomic E-state index is 0.000457. The molecule has 1 heterocycles. The summed E-state index contributed by atoms with van der Waals surface area (Å²) in [5.41, 5.74) is 6.09. The number of aromatic amines is 1. The highest BCUT2D eigenvalue weighted by Crippen LogP contribution is 2.17. The Morgan fingerprint density at radius 3 is 2.80 bits per heavy atom. The van der Waals surface area contributed by atoms with Crippen LogP contribution in [0.15, 0.2) is 35.5 Å². The van der Waals surface area contributed by atoms with Gasteiger partial charge in [-0.3, -0.25) is 9.69 Å². The SMILES string of the molecule is N#CCN(C(=O)CSc1n[nH]c(N)n1)c1ccccc1. The van der Waals surface area contributed by atoms with Crippen LogP contribution in [0.5, 0.6) is 0 Å². The van der Waals surface area contributed by atoms with E-state index in [0.717, 1.165) is 11.8 Å². The molecule has 8 heteroatoms. The maximum atomic E-state index is 12.2. The van der Waals surface area contributed by atoms with E-state index >= 15 is 0 Å². The molecule has 0 bridgehead atoms. The topological polar surface area (TPSA) is 112 Å². The van der Waals surface area contributed by atoms with Crippen molar-refractivity contribution >= 4 is 29.3 Å². The van der Waals surface area contributed by atoms with Crippen LogP contribution in [-0.2, 0) is 4.79 Å². The number of hydrogen-bond donors (Lipinski definition) is 2. The van der Waals surface area contributed by atoms with E-state index in [1.807, 2.05) is 24.3 Å². The number of nitrogens with one attached hydrogen (secondary N) is 1. The minimum Gasteiger partial charge on any atom is -0.368 e. The standard InChI is InChI=1S/C12H12N6OS/c13-6-7-18(9-4-2-1-3-5-9)10(19)8-20-12-15-11(14)16-17-12/h1-5H,7-8H2,(H3,14,15,16,17). The number of para-hydroxylation sites is 1. The van der Waals surface area contributed by atoms with Crippen LogP contribution in [0.1, 0.15) is 0 Å². The Bertz CT molecular complexity index is 620. The average molecular weight is 288 g/mol. The number of carbonyl (C=O) groups excluding carboxylic acids is 1. The van der Waals surface area contributed by atoms with Crippen molar-refractivity contribution in [3.8, 4) is 6.07 Å². The Hall–Kier alpha value is -2.53. The smallest absolute Gasteiger partial charge is 0.238 e. The first kappa shape index (κ1) is 13.9. The Balaban J connectivity index is 2.02. The predicted octanol–water partition coefficient (Wildman–Crippen LogP) is 1.04. The van der Waals surface area contributed by atoms with Crippen LogP contribution in [0, 0.1) is 11.3 Å². The number of nitrogen functional groups attached to an aromatic ring is 1. The molecule has 3 N–H and O–H groups in total. The van der Waals surface area contributed by atoms with Gasteiger partial charge in [-0.2, -0.15) is 10.2 Å². The monoisotopic (exact) mass is 288 g/mol. The van der Waals surface area contributed by atoms with Crippen LogP contribution >= 0.6 is 11.8 Å². The van der Waals surface area contributed by atoms with Crippen molar-refractivity contribution in [1.82, 2.24) is 15.2 Å². The summed E-state index contributed by atoms with van der Waals surface area (Å²) in [7, 11) is 0. The van der Waals surface area contributed by atoms with Crippen molar-refractivity contribution in [2.24, 2.45) is 0 Å². The van der Waals surface area contributed by atoms with E-state index in [4.69, 9.17) is 11.0 Å². The van der Waals surface area contributed by atoms with Gasteiger partial charge in [0, 0.05) is 5.69 Å². The Morgan fingerprint density at radius 1 is 1.45 bits per heavy atom. The average Bonchev–Trinajstić information content (AvgIpc) is 2.89. The maximum absolute atomic E-state index is 12.2. The first-order valence-electron chi connectivity index (χ1n) is 5.73. The molecule has 0 aliphatic carbocycles. The molecule has 2 aromatic rings. The van der Waals surface area contributed by atoms with Gasteiger partial charge in [0.05, 0.1) is 11.8 Å². The normalized spacial score (nSPS) is 9.95. The van der Waals surface area contributed by atoms with Gasteiger partial charge in [-0.05, 0) is 12.1 Å². The minimum atomic E-state index is -0.189. The summed E-state index contributed by atoms with van der Waals surface area (Å²) in [6.45, 7) is -0.000457. The number of amides is 1. The van der Waals surface area contributed by atoms with Crippen LogP contribution < -0.4 is 10.6 Å². The number of thioether (sulfide) groups is 1. The lowest BCUT2D eigenvalue weighted by Crippen LogP contribution is -2.32. The summed E-state index contributed by atoms with van der Waals surface area (Å²) in [6.07, 6.45) is 0. The van der Waals surface area contributed by atoms with Gasteiger partial charge in [-0.15, -0.1) is 5.10 Å². The number of benzene rings is 1. The Kier molecular flexibility index (Phi) is 4.57. The van der Waals surface area contributed by atoms with Gasteiger partial charge in [0.2, 0.25) is 17.0 Å². The Labute approximate surface area is 119 Å². The van der Waals surface area contributed by atoms with Gasteiger partial charge >= 0.3 is 0 Å². The van der Waals surface area contributed by atoms with Crippen LogP contribution in [-0.4, -0.2) is 33.4 Å². The fourth-order valence-corrected chi connectivity index (χ4v) is 2.21. The number of nitriles is 1. The highest BCUT2D eigenvalue weighted by Gasteiger charge is 2.16. The molecule has 1 aromatic heterocycles. The van der Waals surface area contributed by atoms with Crippen molar-refractivity contribution in [3.63, 3.8) is 0 Å². The summed E-state index contributed by atoms with van der Waals surface area (Å²) in [6, 6.07) is 11.0. The quantitative estimate of drug-likeness (QED) is 0.628. The number of anilines is 2. The number of carbonyl (C=O) groups is 1. The highest BCUT2D eigenvalue weighted by molar-refractivity contribution is 7.99. The van der Waals surface area contributed by atoms with Crippen molar-refractivity contribution in [2.45, 2.75) is 5.16 Å². The van der Waals surface area contributed by atoms with Gasteiger partial charge in [-0.25, -0.2) is 5.10 Å². The molecular formula is C12H12N6OS. The molecule has 0 spiro atoms. The molecule has 102 valence electrons. The van der Waals surface area contributed by atoms with Gasteiger partial charge in [0.1, 0.15) is 6.54 Å². The molecule has 2 rings (SSSR count). The summed E-state index contributed by atoms with van der Waals surface area (Å²) < 4.78 is 0. The van der Waals surface area contributed by atoms with E-state index in [2.05, 4.69) is 15.2 Å². The number of aromatic nitrogens is 3. The van der Waals surface area contributed by atoms with Gasteiger partial charge < -0.3 is 5.73 Å². The number of rotatable bonds is 5. The number of H-pyrrole nitrogens is 1. The lowest BCUT2D eigenvalue weighted by Gasteiger charge is -2.19. The fraction of sp³-hybridized carbons (Fsp3) is 0.167. The summed E-state index contributed by atoms with van der Waals surface area (Å²) in [5.74, 6) is 0.149. The number of hydrogen-bond acceptors (Lipinski definition) is 6. The fourth-order valence-electron chi connectivity index (χ4n) is 1.53. The first-order chi connectivity index (χ1) is 9.70. The van der Waals surface area contributed by atoms with Gasteiger partial charge in [-0.1, -0.05) is 30.0 Å². The molecule has 20 heavy (non-hydrogen) atoms. The molecule has 1 aromatic carbocycles. The summed E-state index contributed by atoms with van der Waals surface area (Å²) in [5, 5.41) is 15.6. The second-order valence-electron chi connectivity index (χ2n) is 3.77. The third-order valence-electron chi connectivity index (χ3n) is 2.40. The molecule has 0 fully saturated rings. The zero-order chi connectivity index (χ0) is 14.4.